The summed E-state index contributed by atoms with van der Waals surface area (Å²) in [6, 6.07) is 7.90. The summed E-state index contributed by atoms with van der Waals surface area (Å²) in [7, 11) is 0. The van der Waals surface area contributed by atoms with E-state index in [0.29, 0.717) is 0 Å². The number of aliphatic imine (C=N–C) groups is 1. The lowest BCUT2D eigenvalue weighted by molar-refractivity contribution is 0.559. The van der Waals surface area contributed by atoms with Crippen LogP contribution in [0, 0.1) is 0 Å². The van der Waals surface area contributed by atoms with E-state index in [-0.39, 0.29) is 13.5 Å². The van der Waals surface area contributed by atoms with Gasteiger partial charge in [-0.25, -0.2) is 4.79 Å². The molecule has 0 unspecified atom stereocenters. The molecule has 2 aliphatic carbocycles. The van der Waals surface area contributed by atoms with Crippen molar-refractivity contribution in [1.82, 2.24) is 0 Å². The van der Waals surface area contributed by atoms with Crippen molar-refractivity contribution in [2.24, 2.45) is 4.99 Å². The van der Waals surface area contributed by atoms with Crippen molar-refractivity contribution in [1.29, 1.82) is 0 Å². The van der Waals surface area contributed by atoms with E-state index in [0.717, 1.165) is 11.1 Å². The Bertz CT molecular complexity index is 286. The van der Waals surface area contributed by atoms with Gasteiger partial charge in [-0.05, 0) is 11.1 Å². The fraction of sp³-hybridized carbons (Fsp3) is 0.222. The minimum Gasteiger partial charge on any atom is -0.211 e. The predicted molar refractivity (Wildman–Crippen MR) is 43.1 cm³/mol. The van der Waals surface area contributed by atoms with Gasteiger partial charge in [0.05, 0.1) is 0 Å². The normalized spacial score (nSPS) is 12.4. The van der Waals surface area contributed by atoms with Gasteiger partial charge in [0.25, 0.3) is 0 Å². The predicted octanol–water partition coefficient (Wildman–Crippen LogP) is 2.06. The number of nitrogens with zero attached hydrogens (tertiary/aromatic N) is 1. The van der Waals surface area contributed by atoms with E-state index >= 15 is 0 Å². The van der Waals surface area contributed by atoms with E-state index in [1.54, 1.807) is 6.08 Å². The Balaban J connectivity index is 0.000000605. The van der Waals surface area contributed by atoms with Crippen LogP contribution in [0.25, 0.3) is 0 Å². The van der Waals surface area contributed by atoms with Crippen molar-refractivity contribution in [3.63, 3.8) is 0 Å². The summed E-state index contributed by atoms with van der Waals surface area (Å²) in [5.74, 6) is 0. The first kappa shape index (κ1) is 7.70. The molecule has 0 atom stereocenters. The van der Waals surface area contributed by atoms with E-state index < -0.39 is 0 Å². The lowest BCUT2D eigenvalue weighted by Gasteiger charge is -2.21. The molecule has 0 aromatic heterocycles. The molecule has 0 saturated carbocycles. The Morgan fingerprint density at radius 3 is 2.45 bits per heavy atom. The summed E-state index contributed by atoms with van der Waals surface area (Å²) in [5, 5.41) is 0. The highest BCUT2D eigenvalue weighted by molar-refractivity contribution is 5.47. The first-order chi connectivity index (χ1) is 4.92. The summed E-state index contributed by atoms with van der Waals surface area (Å²) in [6.07, 6.45) is 1.56. The molecule has 2 heteroatoms. The maximum absolute atomic E-state index is 9.87. The Morgan fingerprint density at radius 1 is 1.36 bits per heavy atom. The Labute approximate surface area is 65.6 Å². The standard InChI is InChI=1S/C8H5NO.CH4/c10-5-9-8-6-2-1-3-7(8)4-6;/h1-4,8H;1H4. The zero-order valence-electron chi connectivity index (χ0n) is 5.24. The van der Waals surface area contributed by atoms with Crippen LogP contribution in [0.5, 0.6) is 0 Å². The molecule has 0 aliphatic heterocycles. The van der Waals surface area contributed by atoms with Gasteiger partial charge in [0, 0.05) is 0 Å². The summed E-state index contributed by atoms with van der Waals surface area (Å²) >= 11 is 0. The molecule has 0 radical (unpaired) electrons. The van der Waals surface area contributed by atoms with Gasteiger partial charge in [0.2, 0.25) is 6.08 Å². The molecule has 2 bridgehead atoms. The fourth-order valence-electron chi connectivity index (χ4n) is 1.20. The largest absolute Gasteiger partial charge is 0.235 e. The second kappa shape index (κ2) is 2.69. The van der Waals surface area contributed by atoms with Crippen molar-refractivity contribution >= 4 is 6.08 Å². The number of rotatable bonds is 1. The van der Waals surface area contributed by atoms with Crippen LogP contribution in [0.4, 0.5) is 0 Å². The molecule has 0 saturated heterocycles. The van der Waals surface area contributed by atoms with Crippen LogP contribution in [0.3, 0.4) is 0 Å². The highest BCUT2D eigenvalue weighted by Gasteiger charge is 2.21. The van der Waals surface area contributed by atoms with Crippen LogP contribution in [-0.4, -0.2) is 6.08 Å². The summed E-state index contributed by atoms with van der Waals surface area (Å²) in [4.78, 5) is 13.5. The Hall–Kier alpha value is -1.40. The molecule has 0 fully saturated rings. The van der Waals surface area contributed by atoms with Gasteiger partial charge in [0.1, 0.15) is 6.04 Å². The maximum Gasteiger partial charge on any atom is 0.235 e. The van der Waals surface area contributed by atoms with Crippen molar-refractivity contribution in [2.45, 2.75) is 13.5 Å². The third-order valence-corrected chi connectivity index (χ3v) is 1.72. The van der Waals surface area contributed by atoms with E-state index in [9.17, 15) is 4.79 Å². The van der Waals surface area contributed by atoms with Crippen LogP contribution >= 0.6 is 0 Å². The molecule has 0 N–H and O–H groups in total. The molecule has 0 heterocycles. The minimum atomic E-state index is 0. The molecule has 0 spiro atoms. The molecule has 3 rings (SSSR count). The molecule has 1 aromatic carbocycles. The van der Waals surface area contributed by atoms with E-state index in [1.165, 1.54) is 0 Å². The zero-order chi connectivity index (χ0) is 6.97. The van der Waals surface area contributed by atoms with E-state index in [2.05, 4.69) is 4.99 Å². The molecule has 1 aromatic rings. The van der Waals surface area contributed by atoms with Gasteiger partial charge in [-0.2, -0.15) is 4.99 Å². The van der Waals surface area contributed by atoms with Crippen LogP contribution in [-0.2, 0) is 4.79 Å². The first-order valence-corrected chi connectivity index (χ1v) is 3.08. The molecule has 11 heavy (non-hydrogen) atoms. The highest BCUT2D eigenvalue weighted by Crippen LogP contribution is 2.35. The van der Waals surface area contributed by atoms with E-state index in [4.69, 9.17) is 0 Å². The summed E-state index contributed by atoms with van der Waals surface area (Å²) < 4.78 is 0. The van der Waals surface area contributed by atoms with Gasteiger partial charge < -0.3 is 0 Å². The van der Waals surface area contributed by atoms with Gasteiger partial charge in [0.15, 0.2) is 0 Å². The zero-order valence-corrected chi connectivity index (χ0v) is 5.24. The minimum absolute atomic E-state index is 0. The average molecular weight is 147 g/mol. The Morgan fingerprint density at radius 2 is 2.00 bits per heavy atom. The quantitative estimate of drug-likeness (QED) is 0.441. The number of hydrogen-bond acceptors (Lipinski definition) is 2. The van der Waals surface area contributed by atoms with Crippen LogP contribution in [0.2, 0.25) is 0 Å². The number of carbonyl (C=O) groups excluding carboxylic acids is 1. The number of benzene rings is 1. The molecule has 2 aliphatic rings. The van der Waals surface area contributed by atoms with Crippen LogP contribution < -0.4 is 0 Å². The maximum atomic E-state index is 9.87. The molecule has 0 amide bonds. The second-order valence-corrected chi connectivity index (χ2v) is 2.29. The second-order valence-electron chi connectivity index (χ2n) is 2.29. The SMILES string of the molecule is C.O=C=NC1c2cccc1c2. The van der Waals surface area contributed by atoms with Crippen LogP contribution in [0.15, 0.2) is 29.3 Å². The van der Waals surface area contributed by atoms with Crippen molar-refractivity contribution in [3.8, 4) is 0 Å². The smallest absolute Gasteiger partial charge is 0.211 e. The van der Waals surface area contributed by atoms with Crippen LogP contribution in [0.1, 0.15) is 24.6 Å². The van der Waals surface area contributed by atoms with E-state index in [1.807, 2.05) is 24.3 Å². The van der Waals surface area contributed by atoms with Gasteiger partial charge in [-0.1, -0.05) is 31.7 Å². The van der Waals surface area contributed by atoms with Crippen molar-refractivity contribution in [3.05, 3.63) is 35.4 Å². The van der Waals surface area contributed by atoms with Gasteiger partial charge in [-0.3, -0.25) is 0 Å². The highest BCUT2D eigenvalue weighted by atomic mass is 16.1. The first-order valence-electron chi connectivity index (χ1n) is 3.08. The fourth-order valence-corrected chi connectivity index (χ4v) is 1.20. The van der Waals surface area contributed by atoms with Gasteiger partial charge >= 0.3 is 0 Å². The number of fused-ring (bicyclic) bond motifs is 2. The topological polar surface area (TPSA) is 29.4 Å². The number of hydrogen-bond donors (Lipinski definition) is 0. The summed E-state index contributed by atoms with van der Waals surface area (Å²) in [6.45, 7) is 0. The average Bonchev–Trinajstić information content (AvgIpc) is 2.01. The third-order valence-electron chi connectivity index (χ3n) is 1.72. The Kier molecular flexibility index (Phi) is 1.88. The lowest BCUT2D eigenvalue weighted by Crippen LogP contribution is -2.07. The molecule has 2 nitrogen and oxygen atoms in total. The monoisotopic (exact) mass is 147 g/mol. The lowest BCUT2D eigenvalue weighted by atomic mass is 9.88. The number of isocyanates is 1. The summed E-state index contributed by atoms with van der Waals surface area (Å²) in [5.41, 5.74) is 2.22. The molecular formula is C9H9NO. The van der Waals surface area contributed by atoms with Crippen molar-refractivity contribution < 1.29 is 4.79 Å². The van der Waals surface area contributed by atoms with Gasteiger partial charge in [-0.15, -0.1) is 0 Å². The van der Waals surface area contributed by atoms with Crippen molar-refractivity contribution in [2.75, 3.05) is 0 Å². The molecule has 56 valence electrons. The molecular weight excluding hydrogens is 138 g/mol. The third kappa shape index (κ3) is 0.975.